The lowest BCUT2D eigenvalue weighted by molar-refractivity contribution is -0.167. The SMILES string of the molecule is CCCCCCCCCCCCCCCCC(=O)O[C@H](COC(=O)CCCCCCCCCCCCCC)COC(=O)CCCCCCCCCCC(C)C. The second-order valence-electron chi connectivity index (χ2n) is 17.2. The van der Waals surface area contributed by atoms with Gasteiger partial charge in [-0.05, 0) is 25.2 Å². The van der Waals surface area contributed by atoms with Crippen LogP contribution in [0.2, 0.25) is 0 Å². The summed E-state index contributed by atoms with van der Waals surface area (Å²) in [5.74, 6) is -0.0538. The molecule has 0 rings (SSSR count). The molecule has 0 bridgehead atoms. The maximum atomic E-state index is 12.7. The standard InChI is InChI=1S/C49H94O6/c1-5-7-9-11-13-15-17-19-20-22-24-30-34-38-42-49(52)55-46(44-54-48(51)41-37-33-29-26-25-27-31-35-39-45(3)4)43-53-47(50)40-36-32-28-23-21-18-16-14-12-10-8-6-2/h45-46H,5-44H2,1-4H3/t46-/m1/s1. The van der Waals surface area contributed by atoms with E-state index in [9.17, 15) is 14.4 Å². The van der Waals surface area contributed by atoms with Crippen LogP contribution < -0.4 is 0 Å². The second kappa shape index (κ2) is 43.5. The van der Waals surface area contributed by atoms with Crippen molar-refractivity contribution in [1.82, 2.24) is 0 Å². The van der Waals surface area contributed by atoms with Gasteiger partial charge in [-0.1, -0.05) is 233 Å². The molecule has 1 atom stereocenters. The minimum absolute atomic E-state index is 0.0635. The molecule has 0 aliphatic rings. The highest BCUT2D eigenvalue weighted by atomic mass is 16.6. The van der Waals surface area contributed by atoms with Crippen LogP contribution in [0.3, 0.4) is 0 Å². The summed E-state index contributed by atoms with van der Waals surface area (Å²) in [4.78, 5) is 37.8. The van der Waals surface area contributed by atoms with Gasteiger partial charge in [-0.2, -0.15) is 0 Å². The average molecular weight is 779 g/mol. The molecule has 0 radical (unpaired) electrons. The molecule has 0 aromatic heterocycles. The fourth-order valence-corrected chi connectivity index (χ4v) is 7.33. The van der Waals surface area contributed by atoms with Crippen molar-refractivity contribution in [3.8, 4) is 0 Å². The molecule has 0 aromatic carbocycles. The first-order chi connectivity index (χ1) is 26.9. The van der Waals surface area contributed by atoms with Crippen LogP contribution in [0.4, 0.5) is 0 Å². The maximum Gasteiger partial charge on any atom is 0.306 e. The highest BCUT2D eigenvalue weighted by Gasteiger charge is 2.19. The third kappa shape index (κ3) is 43.4. The van der Waals surface area contributed by atoms with Gasteiger partial charge in [-0.15, -0.1) is 0 Å². The maximum absolute atomic E-state index is 12.7. The smallest absolute Gasteiger partial charge is 0.306 e. The average Bonchev–Trinajstić information content (AvgIpc) is 3.17. The van der Waals surface area contributed by atoms with Crippen LogP contribution in [0, 0.1) is 5.92 Å². The summed E-state index contributed by atoms with van der Waals surface area (Å²) < 4.78 is 16.8. The number of hydrogen-bond acceptors (Lipinski definition) is 6. The van der Waals surface area contributed by atoms with Crippen molar-refractivity contribution in [3.63, 3.8) is 0 Å². The van der Waals surface area contributed by atoms with Crippen LogP contribution >= 0.6 is 0 Å². The molecule has 0 amide bonds. The Balaban J connectivity index is 4.32. The molecule has 0 aliphatic carbocycles. The van der Waals surface area contributed by atoms with E-state index in [1.807, 2.05) is 0 Å². The quantitative estimate of drug-likeness (QED) is 0.0348. The third-order valence-corrected chi connectivity index (χ3v) is 11.0. The lowest BCUT2D eigenvalue weighted by Crippen LogP contribution is -2.30. The van der Waals surface area contributed by atoms with Gasteiger partial charge >= 0.3 is 17.9 Å². The zero-order valence-electron chi connectivity index (χ0n) is 37.4. The Morgan fingerprint density at radius 1 is 0.345 bits per heavy atom. The van der Waals surface area contributed by atoms with Gasteiger partial charge in [0, 0.05) is 19.3 Å². The first kappa shape index (κ1) is 53.4. The Bertz CT molecular complexity index is 826. The number of hydrogen-bond donors (Lipinski definition) is 0. The Hall–Kier alpha value is -1.59. The molecule has 0 N–H and O–H groups in total. The van der Waals surface area contributed by atoms with E-state index in [0.29, 0.717) is 19.3 Å². The van der Waals surface area contributed by atoms with Gasteiger partial charge in [0.2, 0.25) is 0 Å². The first-order valence-electron chi connectivity index (χ1n) is 24.4. The van der Waals surface area contributed by atoms with E-state index in [1.54, 1.807) is 0 Å². The molecule has 326 valence electrons. The van der Waals surface area contributed by atoms with Gasteiger partial charge < -0.3 is 14.2 Å². The van der Waals surface area contributed by atoms with Crippen molar-refractivity contribution >= 4 is 17.9 Å². The van der Waals surface area contributed by atoms with E-state index in [-0.39, 0.29) is 31.1 Å². The van der Waals surface area contributed by atoms with Gasteiger partial charge in [-0.3, -0.25) is 14.4 Å². The van der Waals surface area contributed by atoms with Gasteiger partial charge in [0.1, 0.15) is 13.2 Å². The second-order valence-corrected chi connectivity index (χ2v) is 17.2. The Morgan fingerprint density at radius 2 is 0.600 bits per heavy atom. The molecule has 0 aliphatic heterocycles. The Labute approximate surface area is 342 Å². The molecule has 6 heteroatoms. The lowest BCUT2D eigenvalue weighted by atomic mass is 10.0. The number of esters is 3. The molecule has 55 heavy (non-hydrogen) atoms. The van der Waals surface area contributed by atoms with E-state index >= 15 is 0 Å². The van der Waals surface area contributed by atoms with Crippen LogP contribution in [-0.4, -0.2) is 37.2 Å². The van der Waals surface area contributed by atoms with Gasteiger partial charge in [0.15, 0.2) is 6.10 Å². The summed E-state index contributed by atoms with van der Waals surface area (Å²) >= 11 is 0. The molecule has 0 unspecified atom stereocenters. The predicted octanol–water partition coefficient (Wildman–Crippen LogP) is 15.5. The van der Waals surface area contributed by atoms with E-state index in [4.69, 9.17) is 14.2 Å². The van der Waals surface area contributed by atoms with Crippen molar-refractivity contribution in [2.45, 2.75) is 278 Å². The van der Waals surface area contributed by atoms with Crippen molar-refractivity contribution in [1.29, 1.82) is 0 Å². The molecule has 0 heterocycles. The van der Waals surface area contributed by atoms with E-state index in [1.165, 1.54) is 167 Å². The van der Waals surface area contributed by atoms with Crippen molar-refractivity contribution in [2.75, 3.05) is 13.2 Å². The summed E-state index contributed by atoms with van der Waals surface area (Å²) in [7, 11) is 0. The first-order valence-corrected chi connectivity index (χ1v) is 24.4. The van der Waals surface area contributed by atoms with Crippen molar-refractivity contribution < 1.29 is 28.6 Å². The Kier molecular flexibility index (Phi) is 42.3. The third-order valence-electron chi connectivity index (χ3n) is 11.0. The highest BCUT2D eigenvalue weighted by Crippen LogP contribution is 2.16. The molecule has 0 aromatic rings. The topological polar surface area (TPSA) is 78.9 Å². The Morgan fingerprint density at radius 3 is 0.891 bits per heavy atom. The summed E-state index contributed by atoms with van der Waals surface area (Å²) in [6.07, 6.45) is 43.7. The lowest BCUT2D eigenvalue weighted by Gasteiger charge is -2.18. The molecule has 0 saturated carbocycles. The molecule has 0 fully saturated rings. The summed E-state index contributed by atoms with van der Waals surface area (Å²) in [5.41, 5.74) is 0. The number of rotatable bonds is 44. The summed E-state index contributed by atoms with van der Waals surface area (Å²) in [6, 6.07) is 0. The summed E-state index contributed by atoms with van der Waals surface area (Å²) in [6.45, 7) is 8.98. The largest absolute Gasteiger partial charge is 0.462 e. The van der Waals surface area contributed by atoms with Crippen LogP contribution in [0.15, 0.2) is 0 Å². The van der Waals surface area contributed by atoms with E-state index < -0.39 is 6.10 Å². The van der Waals surface area contributed by atoms with Crippen LogP contribution in [0.25, 0.3) is 0 Å². The molecule has 6 nitrogen and oxygen atoms in total. The minimum atomic E-state index is -0.760. The van der Waals surface area contributed by atoms with Gasteiger partial charge in [-0.25, -0.2) is 0 Å². The van der Waals surface area contributed by atoms with Crippen LogP contribution in [-0.2, 0) is 28.6 Å². The zero-order valence-corrected chi connectivity index (χ0v) is 37.4. The predicted molar refractivity (Wildman–Crippen MR) is 233 cm³/mol. The van der Waals surface area contributed by atoms with Crippen LogP contribution in [0.5, 0.6) is 0 Å². The molecular weight excluding hydrogens is 685 g/mol. The summed E-state index contributed by atoms with van der Waals surface area (Å²) in [5, 5.41) is 0. The highest BCUT2D eigenvalue weighted by molar-refractivity contribution is 5.71. The van der Waals surface area contributed by atoms with E-state index in [2.05, 4.69) is 27.7 Å². The van der Waals surface area contributed by atoms with Gasteiger partial charge in [0.25, 0.3) is 0 Å². The fraction of sp³-hybridized carbons (Fsp3) is 0.939. The van der Waals surface area contributed by atoms with Crippen LogP contribution in [0.1, 0.15) is 272 Å². The van der Waals surface area contributed by atoms with Crippen molar-refractivity contribution in [3.05, 3.63) is 0 Å². The molecule has 0 saturated heterocycles. The minimum Gasteiger partial charge on any atom is -0.462 e. The van der Waals surface area contributed by atoms with Gasteiger partial charge in [0.05, 0.1) is 0 Å². The number of ether oxygens (including phenoxy) is 3. The number of carbonyl (C=O) groups is 3. The number of carbonyl (C=O) groups excluding carboxylic acids is 3. The zero-order chi connectivity index (χ0) is 40.3. The van der Waals surface area contributed by atoms with Crippen molar-refractivity contribution in [2.24, 2.45) is 5.92 Å². The molecule has 0 spiro atoms. The number of unbranched alkanes of at least 4 members (excludes halogenated alkanes) is 31. The van der Waals surface area contributed by atoms with E-state index in [0.717, 1.165) is 63.7 Å². The fourth-order valence-electron chi connectivity index (χ4n) is 7.33. The normalized spacial score (nSPS) is 11.9. The monoisotopic (exact) mass is 779 g/mol. The molecular formula is C49H94O6.